The summed E-state index contributed by atoms with van der Waals surface area (Å²) < 4.78 is 29.2. The minimum Gasteiger partial charge on any atom is -0.385 e. The first-order valence-electron chi connectivity index (χ1n) is 7.71. The van der Waals surface area contributed by atoms with E-state index in [9.17, 15) is 13.2 Å². The van der Waals surface area contributed by atoms with Gasteiger partial charge in [-0.05, 0) is 20.5 Å². The van der Waals surface area contributed by atoms with Gasteiger partial charge in [0, 0.05) is 39.4 Å². The molecule has 2 saturated heterocycles. The minimum absolute atomic E-state index is 0.0219. The summed E-state index contributed by atoms with van der Waals surface area (Å²) in [6, 6.07) is -0.268. The highest BCUT2D eigenvalue weighted by Gasteiger charge is 2.47. The molecule has 0 aromatic carbocycles. The summed E-state index contributed by atoms with van der Waals surface area (Å²) in [5.41, 5.74) is 0. The fourth-order valence-corrected chi connectivity index (χ4v) is 5.40. The molecule has 0 saturated carbocycles. The predicted molar refractivity (Wildman–Crippen MR) is 84.6 cm³/mol. The highest BCUT2D eigenvalue weighted by molar-refractivity contribution is 7.91. The quantitative estimate of drug-likeness (QED) is 0.575. The topological polar surface area (TPSA) is 70.2 Å². The van der Waals surface area contributed by atoms with E-state index >= 15 is 0 Å². The van der Waals surface area contributed by atoms with Crippen molar-refractivity contribution in [1.29, 1.82) is 0 Å². The summed E-state index contributed by atoms with van der Waals surface area (Å²) in [6.45, 7) is 3.16. The molecule has 2 aliphatic heterocycles. The van der Waals surface area contributed by atoms with E-state index in [0.29, 0.717) is 19.7 Å². The summed E-state index contributed by atoms with van der Waals surface area (Å²) in [7, 11) is 2.30. The normalized spacial score (nSPS) is 28.1. The highest BCUT2D eigenvalue weighted by atomic mass is 32.2. The number of hydrogen-bond acceptors (Lipinski definition) is 6. The number of carbonyl (C=O) groups excluding carboxylic acids is 1. The van der Waals surface area contributed by atoms with Crippen LogP contribution in [0.2, 0.25) is 0 Å². The Kier molecular flexibility index (Phi) is 5.81. The molecule has 1 amide bonds. The smallest absolute Gasteiger partial charge is 0.237 e. The predicted octanol–water partition coefficient (Wildman–Crippen LogP) is -1.11. The second kappa shape index (κ2) is 7.25. The van der Waals surface area contributed by atoms with Crippen molar-refractivity contribution < 1.29 is 17.9 Å². The number of ether oxygens (including phenoxy) is 1. The van der Waals surface area contributed by atoms with E-state index in [1.807, 2.05) is 19.0 Å². The number of carbonyl (C=O) groups is 1. The van der Waals surface area contributed by atoms with Crippen LogP contribution >= 0.6 is 0 Å². The maximum atomic E-state index is 12.4. The van der Waals surface area contributed by atoms with Crippen LogP contribution in [0.4, 0.5) is 0 Å². The first kappa shape index (κ1) is 17.7. The largest absolute Gasteiger partial charge is 0.385 e. The van der Waals surface area contributed by atoms with Crippen LogP contribution in [0.5, 0.6) is 0 Å². The van der Waals surface area contributed by atoms with Crippen LogP contribution in [0.15, 0.2) is 0 Å². The SMILES string of the molecule is COCCCN1CCN(C(=O)CN(C)C)[C@H]2CS(=O)(=O)C[C@H]21. The molecule has 0 aromatic rings. The second-order valence-electron chi connectivity index (χ2n) is 6.42. The molecule has 128 valence electrons. The van der Waals surface area contributed by atoms with Gasteiger partial charge in [0.05, 0.1) is 24.1 Å². The van der Waals surface area contributed by atoms with Gasteiger partial charge in [0.1, 0.15) is 0 Å². The molecule has 0 N–H and O–H groups in total. The molecular weight excluding hydrogens is 306 g/mol. The molecule has 2 fully saturated rings. The third-order valence-corrected chi connectivity index (χ3v) is 6.06. The monoisotopic (exact) mass is 333 g/mol. The van der Waals surface area contributed by atoms with Crippen molar-refractivity contribution >= 4 is 15.7 Å². The molecule has 0 aromatic heterocycles. The van der Waals surface area contributed by atoms with Crippen LogP contribution in [0.3, 0.4) is 0 Å². The van der Waals surface area contributed by atoms with Gasteiger partial charge in [-0.2, -0.15) is 0 Å². The van der Waals surface area contributed by atoms with Gasteiger partial charge in [-0.15, -0.1) is 0 Å². The third-order valence-electron chi connectivity index (χ3n) is 4.36. The molecule has 7 nitrogen and oxygen atoms in total. The summed E-state index contributed by atoms with van der Waals surface area (Å²) in [5, 5.41) is 0. The van der Waals surface area contributed by atoms with Crippen LogP contribution in [0, 0.1) is 0 Å². The minimum atomic E-state index is -3.07. The Bertz CT molecular complexity index is 494. The molecule has 0 bridgehead atoms. The average Bonchev–Trinajstić information content (AvgIpc) is 2.73. The van der Waals surface area contributed by atoms with Crippen molar-refractivity contribution in [1.82, 2.24) is 14.7 Å². The van der Waals surface area contributed by atoms with Crippen LogP contribution in [0.1, 0.15) is 6.42 Å². The van der Waals surface area contributed by atoms with Crippen LogP contribution in [-0.4, -0.2) is 107 Å². The van der Waals surface area contributed by atoms with E-state index in [1.54, 1.807) is 12.0 Å². The number of rotatable bonds is 6. The van der Waals surface area contributed by atoms with Crippen LogP contribution in [-0.2, 0) is 19.4 Å². The summed E-state index contributed by atoms with van der Waals surface area (Å²) in [4.78, 5) is 18.2. The Morgan fingerprint density at radius 2 is 1.91 bits per heavy atom. The van der Waals surface area contributed by atoms with Gasteiger partial charge in [-0.3, -0.25) is 9.69 Å². The van der Waals surface area contributed by atoms with E-state index in [4.69, 9.17) is 4.74 Å². The standard InChI is InChI=1S/C14H27N3O4S/c1-15(2)9-14(18)17-7-6-16(5-4-8-21-3)12-10-22(19,20)11-13(12)17/h12-13H,4-11H2,1-3H3/t12-,13+/m1/s1. The fourth-order valence-electron chi connectivity index (χ4n) is 3.39. The third kappa shape index (κ3) is 4.18. The molecule has 2 atom stereocenters. The van der Waals surface area contributed by atoms with Gasteiger partial charge in [0.2, 0.25) is 5.91 Å². The van der Waals surface area contributed by atoms with E-state index in [-0.39, 0.29) is 29.5 Å². The summed E-state index contributed by atoms with van der Waals surface area (Å²) in [5.74, 6) is 0.280. The Hall–Kier alpha value is -0.700. The number of amides is 1. The highest BCUT2D eigenvalue weighted by Crippen LogP contribution is 2.27. The van der Waals surface area contributed by atoms with Gasteiger partial charge in [-0.1, -0.05) is 0 Å². The lowest BCUT2D eigenvalue weighted by atomic mass is 10.0. The Labute approximate surface area is 133 Å². The Morgan fingerprint density at radius 3 is 2.55 bits per heavy atom. The second-order valence-corrected chi connectivity index (χ2v) is 8.57. The van der Waals surface area contributed by atoms with Crippen molar-refractivity contribution in [3.05, 3.63) is 0 Å². The van der Waals surface area contributed by atoms with Gasteiger partial charge in [-0.25, -0.2) is 8.42 Å². The van der Waals surface area contributed by atoms with Gasteiger partial charge in [0.15, 0.2) is 9.84 Å². The lowest BCUT2D eigenvalue weighted by molar-refractivity contribution is -0.137. The van der Waals surface area contributed by atoms with E-state index in [2.05, 4.69) is 4.90 Å². The van der Waals surface area contributed by atoms with E-state index < -0.39 is 9.84 Å². The molecule has 2 aliphatic rings. The van der Waals surface area contributed by atoms with Crippen molar-refractivity contribution in [3.8, 4) is 0 Å². The number of likely N-dealkylation sites (N-methyl/N-ethyl adjacent to an activating group) is 1. The zero-order valence-electron chi connectivity index (χ0n) is 13.7. The summed E-state index contributed by atoms with van der Waals surface area (Å²) >= 11 is 0. The first-order chi connectivity index (χ1) is 10.3. The number of piperazine rings is 1. The molecule has 2 heterocycles. The van der Waals surface area contributed by atoms with E-state index in [1.165, 1.54) is 0 Å². The molecule has 22 heavy (non-hydrogen) atoms. The molecular formula is C14H27N3O4S. The zero-order chi connectivity index (χ0) is 16.3. The first-order valence-corrected chi connectivity index (χ1v) is 9.54. The molecule has 0 spiro atoms. The van der Waals surface area contributed by atoms with Crippen molar-refractivity contribution in [2.24, 2.45) is 0 Å². The zero-order valence-corrected chi connectivity index (χ0v) is 14.5. The number of methoxy groups -OCH3 is 1. The molecule has 0 radical (unpaired) electrons. The molecule has 0 unspecified atom stereocenters. The summed E-state index contributed by atoms with van der Waals surface area (Å²) in [6.07, 6.45) is 0.880. The van der Waals surface area contributed by atoms with Crippen molar-refractivity contribution in [2.45, 2.75) is 18.5 Å². The Morgan fingerprint density at radius 1 is 1.23 bits per heavy atom. The van der Waals surface area contributed by atoms with Crippen LogP contribution < -0.4 is 0 Å². The van der Waals surface area contributed by atoms with Crippen LogP contribution in [0.25, 0.3) is 0 Å². The number of fused-ring (bicyclic) bond motifs is 1. The number of nitrogens with zero attached hydrogens (tertiary/aromatic N) is 3. The molecule has 0 aliphatic carbocycles. The maximum Gasteiger partial charge on any atom is 0.237 e. The molecule has 2 rings (SSSR count). The Balaban J connectivity index is 2.08. The van der Waals surface area contributed by atoms with E-state index in [0.717, 1.165) is 19.5 Å². The van der Waals surface area contributed by atoms with Crippen molar-refractivity contribution in [2.75, 3.05) is 65.5 Å². The average molecular weight is 333 g/mol. The van der Waals surface area contributed by atoms with Gasteiger partial charge < -0.3 is 14.5 Å². The van der Waals surface area contributed by atoms with Gasteiger partial charge >= 0.3 is 0 Å². The fraction of sp³-hybridized carbons (Fsp3) is 0.929. The lowest BCUT2D eigenvalue weighted by Gasteiger charge is -2.44. The van der Waals surface area contributed by atoms with Crippen molar-refractivity contribution in [3.63, 3.8) is 0 Å². The molecule has 8 heteroatoms. The lowest BCUT2D eigenvalue weighted by Crippen LogP contribution is -2.61. The number of sulfone groups is 1. The maximum absolute atomic E-state index is 12.4. The number of hydrogen-bond donors (Lipinski definition) is 0. The van der Waals surface area contributed by atoms with Gasteiger partial charge in [0.25, 0.3) is 0 Å².